The highest BCUT2D eigenvalue weighted by atomic mass is 16.3. The zero-order valence-electron chi connectivity index (χ0n) is 14.8. The molecule has 4 rings (SSSR count). The molecular weight excluding hydrogens is 340 g/mol. The molecule has 0 radical (unpaired) electrons. The van der Waals surface area contributed by atoms with Crippen LogP contribution in [0.4, 0.5) is 0 Å². The van der Waals surface area contributed by atoms with E-state index in [9.17, 15) is 4.79 Å². The SMILES string of the molecule is Cn1ccnc1-c1ccccc1C(=O)NCc1coc(-c2ccccc2)n1. The van der Waals surface area contributed by atoms with Gasteiger partial charge in [0.2, 0.25) is 5.89 Å². The van der Waals surface area contributed by atoms with Gasteiger partial charge in [0.05, 0.1) is 17.8 Å². The minimum Gasteiger partial charge on any atom is -0.444 e. The van der Waals surface area contributed by atoms with Crippen LogP contribution in [0.15, 0.2) is 77.7 Å². The van der Waals surface area contributed by atoms with Gasteiger partial charge < -0.3 is 14.3 Å². The third-order valence-electron chi connectivity index (χ3n) is 4.24. The summed E-state index contributed by atoms with van der Waals surface area (Å²) in [5.41, 5.74) is 2.91. The van der Waals surface area contributed by atoms with Crippen molar-refractivity contribution in [2.24, 2.45) is 7.05 Å². The molecule has 0 aliphatic rings. The van der Waals surface area contributed by atoms with Crippen LogP contribution in [0.5, 0.6) is 0 Å². The standard InChI is InChI=1S/C21H18N4O2/c1-25-12-11-22-19(25)17-9-5-6-10-18(17)20(26)23-13-16-14-27-21(24-16)15-7-3-2-4-8-15/h2-12,14H,13H2,1H3,(H,23,26). The Balaban J connectivity index is 1.50. The summed E-state index contributed by atoms with van der Waals surface area (Å²) in [7, 11) is 1.90. The molecule has 0 saturated carbocycles. The predicted molar refractivity (Wildman–Crippen MR) is 102 cm³/mol. The number of aromatic nitrogens is 3. The van der Waals surface area contributed by atoms with Gasteiger partial charge in [0.25, 0.3) is 5.91 Å². The van der Waals surface area contributed by atoms with Gasteiger partial charge in [-0.05, 0) is 18.2 Å². The van der Waals surface area contributed by atoms with Crippen molar-refractivity contribution in [3.8, 4) is 22.8 Å². The molecule has 6 nitrogen and oxygen atoms in total. The van der Waals surface area contributed by atoms with Crippen molar-refractivity contribution in [3.63, 3.8) is 0 Å². The summed E-state index contributed by atoms with van der Waals surface area (Å²) in [4.78, 5) is 21.5. The molecule has 2 aromatic carbocycles. The predicted octanol–water partition coefficient (Wildman–Crippen LogP) is 3.67. The lowest BCUT2D eigenvalue weighted by Gasteiger charge is -2.09. The Labute approximate surface area is 156 Å². The van der Waals surface area contributed by atoms with Gasteiger partial charge in [0, 0.05) is 30.6 Å². The largest absolute Gasteiger partial charge is 0.444 e. The van der Waals surface area contributed by atoms with E-state index in [4.69, 9.17) is 4.42 Å². The molecule has 27 heavy (non-hydrogen) atoms. The molecule has 0 atom stereocenters. The first kappa shape index (κ1) is 16.8. The van der Waals surface area contributed by atoms with E-state index in [0.717, 1.165) is 17.0 Å². The Hall–Kier alpha value is -3.67. The van der Waals surface area contributed by atoms with Gasteiger partial charge in [-0.25, -0.2) is 9.97 Å². The highest BCUT2D eigenvalue weighted by Gasteiger charge is 2.15. The summed E-state index contributed by atoms with van der Waals surface area (Å²) in [6.07, 6.45) is 5.13. The molecule has 2 aromatic heterocycles. The smallest absolute Gasteiger partial charge is 0.252 e. The van der Waals surface area contributed by atoms with Crippen molar-refractivity contribution >= 4 is 5.91 Å². The van der Waals surface area contributed by atoms with E-state index in [-0.39, 0.29) is 12.5 Å². The van der Waals surface area contributed by atoms with Gasteiger partial charge in [-0.3, -0.25) is 4.79 Å². The summed E-state index contributed by atoms with van der Waals surface area (Å²) in [5.74, 6) is 1.10. The van der Waals surface area contributed by atoms with E-state index in [0.29, 0.717) is 17.1 Å². The van der Waals surface area contributed by atoms with E-state index < -0.39 is 0 Å². The van der Waals surface area contributed by atoms with Crippen molar-refractivity contribution in [1.29, 1.82) is 0 Å². The Bertz CT molecular complexity index is 1070. The molecule has 0 fully saturated rings. The van der Waals surface area contributed by atoms with Crippen LogP contribution in [0.3, 0.4) is 0 Å². The van der Waals surface area contributed by atoms with Crippen LogP contribution in [0.2, 0.25) is 0 Å². The number of rotatable bonds is 5. The molecule has 2 heterocycles. The average molecular weight is 358 g/mol. The van der Waals surface area contributed by atoms with E-state index in [1.165, 1.54) is 0 Å². The first-order valence-corrected chi connectivity index (χ1v) is 8.57. The number of hydrogen-bond acceptors (Lipinski definition) is 4. The summed E-state index contributed by atoms with van der Waals surface area (Å²) >= 11 is 0. The van der Waals surface area contributed by atoms with E-state index in [1.54, 1.807) is 18.5 Å². The maximum Gasteiger partial charge on any atom is 0.252 e. The maximum atomic E-state index is 12.7. The summed E-state index contributed by atoms with van der Waals surface area (Å²) in [5, 5.41) is 2.90. The molecule has 0 unspecified atom stereocenters. The van der Waals surface area contributed by atoms with Crippen molar-refractivity contribution < 1.29 is 9.21 Å². The molecule has 1 N–H and O–H groups in total. The third kappa shape index (κ3) is 3.50. The number of benzene rings is 2. The molecule has 6 heteroatoms. The number of amides is 1. The summed E-state index contributed by atoms with van der Waals surface area (Å²) in [6.45, 7) is 0.282. The van der Waals surface area contributed by atoms with Gasteiger partial charge >= 0.3 is 0 Å². The highest BCUT2D eigenvalue weighted by molar-refractivity contribution is 6.00. The number of hydrogen-bond donors (Lipinski definition) is 1. The fourth-order valence-corrected chi connectivity index (χ4v) is 2.87. The lowest BCUT2D eigenvalue weighted by atomic mass is 10.1. The number of nitrogens with one attached hydrogen (secondary N) is 1. The lowest BCUT2D eigenvalue weighted by Crippen LogP contribution is -2.23. The zero-order valence-corrected chi connectivity index (χ0v) is 14.8. The maximum absolute atomic E-state index is 12.7. The molecule has 1 amide bonds. The Morgan fingerprint density at radius 1 is 1.11 bits per heavy atom. The van der Waals surface area contributed by atoms with E-state index >= 15 is 0 Å². The van der Waals surface area contributed by atoms with Gasteiger partial charge in [0.15, 0.2) is 0 Å². The second-order valence-electron chi connectivity index (χ2n) is 6.10. The zero-order chi connectivity index (χ0) is 18.6. The first-order chi connectivity index (χ1) is 13.2. The van der Waals surface area contributed by atoms with Crippen LogP contribution in [0.25, 0.3) is 22.8 Å². The van der Waals surface area contributed by atoms with Gasteiger partial charge in [0.1, 0.15) is 12.1 Å². The fraction of sp³-hybridized carbons (Fsp3) is 0.0952. The monoisotopic (exact) mass is 358 g/mol. The molecule has 0 aliphatic carbocycles. The minimum absolute atomic E-state index is 0.183. The van der Waals surface area contributed by atoms with Gasteiger partial charge in [-0.1, -0.05) is 36.4 Å². The van der Waals surface area contributed by atoms with Crippen LogP contribution < -0.4 is 5.32 Å². The quantitative estimate of drug-likeness (QED) is 0.591. The molecular formula is C21H18N4O2. The van der Waals surface area contributed by atoms with Crippen LogP contribution >= 0.6 is 0 Å². The van der Waals surface area contributed by atoms with Crippen molar-refractivity contribution in [3.05, 3.63) is 84.5 Å². The van der Waals surface area contributed by atoms with Crippen molar-refractivity contribution in [1.82, 2.24) is 19.9 Å². The molecule has 0 spiro atoms. The van der Waals surface area contributed by atoms with E-state index in [1.807, 2.05) is 66.3 Å². The summed E-state index contributed by atoms with van der Waals surface area (Å²) < 4.78 is 7.40. The molecule has 0 bridgehead atoms. The lowest BCUT2D eigenvalue weighted by molar-refractivity contribution is 0.0951. The normalized spacial score (nSPS) is 10.7. The average Bonchev–Trinajstić information content (AvgIpc) is 3.36. The van der Waals surface area contributed by atoms with Crippen LogP contribution in [-0.2, 0) is 13.6 Å². The molecule has 4 aromatic rings. The Morgan fingerprint density at radius 3 is 2.67 bits per heavy atom. The Morgan fingerprint density at radius 2 is 1.89 bits per heavy atom. The number of carbonyl (C=O) groups excluding carboxylic acids is 1. The second kappa shape index (κ2) is 7.29. The first-order valence-electron chi connectivity index (χ1n) is 8.57. The number of nitrogens with zero attached hydrogens (tertiary/aromatic N) is 3. The van der Waals surface area contributed by atoms with Crippen LogP contribution in [0, 0.1) is 0 Å². The summed E-state index contributed by atoms with van der Waals surface area (Å²) in [6, 6.07) is 17.1. The third-order valence-corrected chi connectivity index (χ3v) is 4.24. The molecule has 0 saturated heterocycles. The van der Waals surface area contributed by atoms with Crippen LogP contribution in [0.1, 0.15) is 16.1 Å². The molecule has 134 valence electrons. The number of carbonyl (C=O) groups is 1. The van der Waals surface area contributed by atoms with Crippen molar-refractivity contribution in [2.45, 2.75) is 6.54 Å². The van der Waals surface area contributed by atoms with Gasteiger partial charge in [-0.15, -0.1) is 0 Å². The topological polar surface area (TPSA) is 73.0 Å². The second-order valence-corrected chi connectivity index (χ2v) is 6.10. The fourth-order valence-electron chi connectivity index (χ4n) is 2.87. The van der Waals surface area contributed by atoms with Gasteiger partial charge in [-0.2, -0.15) is 0 Å². The number of aryl methyl sites for hydroxylation is 1. The Kier molecular flexibility index (Phi) is 4.53. The molecule has 0 aliphatic heterocycles. The minimum atomic E-state index is -0.183. The highest BCUT2D eigenvalue weighted by Crippen LogP contribution is 2.22. The number of oxazole rings is 1. The van der Waals surface area contributed by atoms with Crippen molar-refractivity contribution in [2.75, 3.05) is 0 Å². The van der Waals surface area contributed by atoms with E-state index in [2.05, 4.69) is 15.3 Å². The number of imidazole rings is 1. The van der Waals surface area contributed by atoms with Crippen LogP contribution in [-0.4, -0.2) is 20.4 Å².